The van der Waals surface area contributed by atoms with Gasteiger partial charge >= 0.3 is 29.4 Å². The first-order valence-electron chi connectivity index (χ1n) is 17.4. The maximum absolute atomic E-state index is 12.7. The number of nitrogens with one attached hydrogen (secondary N) is 3. The number of aliphatic hydroxyl groups is 2. The Kier molecular flexibility index (Phi) is 16.7. The van der Waals surface area contributed by atoms with E-state index in [4.69, 9.17) is 24.6 Å². The number of aliphatic carboxylic acids is 1. The number of nitrogens with two attached hydrogens (primary N) is 1. The van der Waals surface area contributed by atoms with Gasteiger partial charge in [0.2, 0.25) is 11.8 Å². The molecule has 2 amide bonds. The summed E-state index contributed by atoms with van der Waals surface area (Å²) in [6.07, 6.45) is -5.92. The summed E-state index contributed by atoms with van der Waals surface area (Å²) in [6.45, 7) is 0.298. The maximum Gasteiger partial charge on any atom is 0.481 e. The number of hydrogen-bond acceptors (Lipinski definition) is 20. The highest BCUT2D eigenvalue weighted by Crippen LogP contribution is 2.61. The lowest BCUT2D eigenvalue weighted by atomic mass is 9.87. The number of carboxylic acids is 1. The number of thioether (sulfide) groups is 1. The summed E-state index contributed by atoms with van der Waals surface area (Å²) in [6, 6.07) is -0.913. The highest BCUT2D eigenvalue weighted by Gasteiger charge is 2.50. The van der Waals surface area contributed by atoms with E-state index in [0.29, 0.717) is 12.8 Å². The molecule has 2 aliphatic rings. The number of aliphatic hydroxyl groups excluding tert-OH is 2. The van der Waals surface area contributed by atoms with Crippen LogP contribution in [0.15, 0.2) is 12.7 Å². The van der Waals surface area contributed by atoms with Gasteiger partial charge in [0.15, 0.2) is 22.8 Å². The number of carbonyl (C=O) groups excluding carboxylic acids is 3. The Hall–Kier alpha value is -3.01. The second-order valence-corrected chi connectivity index (χ2v) is 19.2. The van der Waals surface area contributed by atoms with Gasteiger partial charge in [-0.2, -0.15) is 4.31 Å². The van der Waals surface area contributed by atoms with Crippen molar-refractivity contribution in [3.8, 4) is 0 Å². The average Bonchev–Trinajstić information content (AvgIpc) is 3.85. The normalized spacial score (nSPS) is 24.9. The van der Waals surface area contributed by atoms with Crippen molar-refractivity contribution in [3.63, 3.8) is 0 Å². The molecule has 4 heterocycles. The van der Waals surface area contributed by atoms with Gasteiger partial charge in [-0.3, -0.25) is 37.3 Å². The number of anilines is 1. The van der Waals surface area contributed by atoms with E-state index in [-0.39, 0.29) is 59.8 Å². The van der Waals surface area contributed by atoms with E-state index in [9.17, 15) is 62.7 Å². The molecule has 2 aromatic rings. The van der Waals surface area contributed by atoms with Gasteiger partial charge in [-0.1, -0.05) is 25.6 Å². The van der Waals surface area contributed by atoms with Crippen LogP contribution >= 0.6 is 35.2 Å². The first-order chi connectivity index (χ1) is 27.4. The zero-order valence-electron chi connectivity index (χ0n) is 31.2. The maximum atomic E-state index is 12.7. The van der Waals surface area contributed by atoms with Gasteiger partial charge < -0.3 is 61.3 Å². The molecule has 2 fully saturated rings. The number of ether oxygens (including phenoxy) is 1. The van der Waals surface area contributed by atoms with Crippen LogP contribution in [0, 0.1) is 5.41 Å². The van der Waals surface area contributed by atoms with Crippen LogP contribution in [0.25, 0.3) is 11.2 Å². The number of amides is 2. The smallest absolute Gasteiger partial charge is 0.480 e. The van der Waals surface area contributed by atoms with Gasteiger partial charge in [0, 0.05) is 43.1 Å². The summed E-state index contributed by atoms with van der Waals surface area (Å²) in [5.74, 6) is -2.27. The summed E-state index contributed by atoms with van der Waals surface area (Å²) >= 11 is 0.979. The van der Waals surface area contributed by atoms with Crippen LogP contribution in [0.5, 0.6) is 0 Å². The molecule has 31 heteroatoms. The highest BCUT2D eigenvalue weighted by atomic mass is 32.2. The molecule has 0 radical (unpaired) electrons. The van der Waals surface area contributed by atoms with Crippen LogP contribution < -0.4 is 21.7 Å². The van der Waals surface area contributed by atoms with Gasteiger partial charge in [-0.05, 0) is 12.8 Å². The van der Waals surface area contributed by atoms with Crippen LogP contribution in [0.4, 0.5) is 5.82 Å². The molecule has 0 aromatic carbocycles. The third-order valence-corrected chi connectivity index (χ3v) is 12.7. The van der Waals surface area contributed by atoms with E-state index in [1.165, 1.54) is 13.8 Å². The third kappa shape index (κ3) is 14.3. The lowest BCUT2D eigenvalue weighted by Gasteiger charge is -2.30. The highest BCUT2D eigenvalue weighted by molar-refractivity contribution is 8.13. The molecule has 4 rings (SSSR count). The first kappa shape index (κ1) is 48.7. The zero-order chi connectivity index (χ0) is 43.9. The van der Waals surface area contributed by atoms with Gasteiger partial charge in [-0.25, -0.2) is 28.6 Å². The van der Waals surface area contributed by atoms with Crippen molar-refractivity contribution in [2.24, 2.45) is 5.41 Å². The van der Waals surface area contributed by atoms with Gasteiger partial charge in [0.1, 0.15) is 42.3 Å². The Labute approximate surface area is 338 Å². The second-order valence-electron chi connectivity index (χ2n) is 13.8. The molecule has 0 saturated carbocycles. The van der Waals surface area contributed by atoms with Crippen LogP contribution in [-0.2, 0) is 55.5 Å². The number of imidazole rings is 1. The number of fused-ring (bicyclic) bond motifs is 1. The number of phosphoric acid groups is 3. The molecule has 27 nitrogen and oxygen atoms in total. The molecule has 9 unspecified atom stereocenters. The van der Waals surface area contributed by atoms with Crippen molar-refractivity contribution in [1.82, 2.24) is 35.5 Å². The Morgan fingerprint density at radius 3 is 2.42 bits per heavy atom. The van der Waals surface area contributed by atoms with Crippen LogP contribution in [0.2, 0.25) is 0 Å². The van der Waals surface area contributed by atoms with Gasteiger partial charge in [-0.15, -0.1) is 0 Å². The van der Waals surface area contributed by atoms with E-state index in [1.54, 1.807) is 0 Å². The van der Waals surface area contributed by atoms with Crippen molar-refractivity contribution >= 4 is 75.1 Å². The summed E-state index contributed by atoms with van der Waals surface area (Å²) in [5, 5.41) is 38.1. The fraction of sp³-hybridized carbons (Fsp3) is 0.679. The summed E-state index contributed by atoms with van der Waals surface area (Å²) in [5.41, 5.74) is 4.21. The number of rotatable bonds is 22. The standard InChI is InChI=1S/C28H45N8O19P3S/c1-28(2,22(40)25(41)31-6-5-17(37)30-7-8-59-18(38)9-14-3-4-15(35-14)27(42)43)11-52-58(49,50)55-57(47,48)51-10-16-21(54-56(44,45)46)20(39)26(53-16)36-13-34-19-23(29)32-12-33-24(19)36/h12-16,20-22,26,35,39-40H,3-11H2,1-2H3,(H,30,37)(H,31,41)(H,42,43)(H,47,48)(H,49,50)(H2,29,32,33)(H2,44,45,46). The predicted octanol–water partition coefficient (Wildman–Crippen LogP) is -1.74. The largest absolute Gasteiger partial charge is 0.481 e. The van der Waals surface area contributed by atoms with Crippen molar-refractivity contribution in [3.05, 3.63) is 12.7 Å². The first-order valence-corrected chi connectivity index (χ1v) is 22.9. The van der Waals surface area contributed by atoms with Crippen molar-refractivity contribution in [2.45, 2.75) is 82.3 Å². The molecular weight excluding hydrogens is 877 g/mol. The minimum atomic E-state index is -5.59. The molecule has 0 spiro atoms. The molecule has 332 valence electrons. The second kappa shape index (κ2) is 20.2. The fourth-order valence-electron chi connectivity index (χ4n) is 5.73. The number of nitrogens with zero attached hydrogens (tertiary/aromatic N) is 4. The fourth-order valence-corrected chi connectivity index (χ4v) is 9.31. The summed E-state index contributed by atoms with van der Waals surface area (Å²) < 4.78 is 62.1. The third-order valence-electron chi connectivity index (χ3n) is 8.72. The predicted molar refractivity (Wildman–Crippen MR) is 199 cm³/mol. The van der Waals surface area contributed by atoms with E-state index in [1.807, 2.05) is 0 Å². The lowest BCUT2D eigenvalue weighted by molar-refractivity contribution is -0.139. The molecule has 0 bridgehead atoms. The monoisotopic (exact) mass is 922 g/mol. The number of aromatic nitrogens is 4. The van der Waals surface area contributed by atoms with Crippen LogP contribution in [0.3, 0.4) is 0 Å². The Bertz CT molecular complexity index is 1990. The quantitative estimate of drug-likeness (QED) is 0.0461. The van der Waals surface area contributed by atoms with E-state index < -0.39 is 96.6 Å². The van der Waals surface area contributed by atoms with Gasteiger partial charge in [0.05, 0.1) is 19.5 Å². The van der Waals surface area contributed by atoms with E-state index >= 15 is 0 Å². The van der Waals surface area contributed by atoms with E-state index in [0.717, 1.165) is 29.0 Å². The topological polar surface area (TPSA) is 413 Å². The zero-order valence-corrected chi connectivity index (χ0v) is 34.7. The SMILES string of the molecule is CC(C)(COP(=O)(O)OP(=O)(O)OCC1OC(n2cnc3c(N)ncnc32)C(O)C1OP(=O)(O)O)C(O)C(=O)NCCC(=O)NCCSC(=O)CC1CCC(C(=O)O)N1. The molecule has 12 N–H and O–H groups in total. The average molecular weight is 923 g/mol. The number of carboxylic acid groups (broad SMARTS) is 1. The molecule has 59 heavy (non-hydrogen) atoms. The van der Waals surface area contributed by atoms with Crippen LogP contribution in [0.1, 0.15) is 45.8 Å². The summed E-state index contributed by atoms with van der Waals surface area (Å²) in [4.78, 5) is 98.9. The van der Waals surface area contributed by atoms with Crippen molar-refractivity contribution in [1.29, 1.82) is 0 Å². The van der Waals surface area contributed by atoms with Crippen LogP contribution in [-0.4, -0.2) is 146 Å². The Balaban J connectivity index is 1.19. The number of hydrogen-bond donors (Lipinski definition) is 11. The molecule has 0 aliphatic carbocycles. The lowest BCUT2D eigenvalue weighted by Crippen LogP contribution is -2.46. The van der Waals surface area contributed by atoms with E-state index in [2.05, 4.69) is 39.7 Å². The minimum absolute atomic E-state index is 0.0213. The Morgan fingerprint density at radius 2 is 1.76 bits per heavy atom. The molecule has 2 saturated heterocycles. The van der Waals surface area contributed by atoms with Gasteiger partial charge in [0.25, 0.3) is 0 Å². The minimum Gasteiger partial charge on any atom is -0.480 e. The van der Waals surface area contributed by atoms with Crippen molar-refractivity contribution in [2.75, 3.05) is 37.8 Å². The molecule has 2 aromatic heterocycles. The number of carbonyl (C=O) groups is 4. The number of phosphoric ester groups is 3. The molecule has 2 aliphatic heterocycles. The summed E-state index contributed by atoms with van der Waals surface area (Å²) in [7, 11) is -16.4. The van der Waals surface area contributed by atoms with Crippen molar-refractivity contribution < 1.29 is 90.4 Å². The molecule has 9 atom stereocenters. The number of nitrogen functional groups attached to an aromatic ring is 1. The molecular formula is C28H45N8O19P3S. The Morgan fingerprint density at radius 1 is 1.07 bits per heavy atom.